The van der Waals surface area contributed by atoms with E-state index in [-0.39, 0.29) is 29.6 Å². The van der Waals surface area contributed by atoms with Gasteiger partial charge in [-0.1, -0.05) is 32.9 Å². The number of thiophene rings is 1. The van der Waals surface area contributed by atoms with Gasteiger partial charge < -0.3 is 14.5 Å². The van der Waals surface area contributed by atoms with Crippen molar-refractivity contribution in [3.05, 3.63) is 57.5 Å². The van der Waals surface area contributed by atoms with Crippen molar-refractivity contribution in [1.29, 1.82) is 0 Å². The summed E-state index contributed by atoms with van der Waals surface area (Å²) in [6.07, 6.45) is 0.353. The molecule has 0 radical (unpaired) electrons. The van der Waals surface area contributed by atoms with Crippen LogP contribution >= 0.6 is 11.3 Å². The van der Waals surface area contributed by atoms with Crippen molar-refractivity contribution in [2.24, 2.45) is 5.41 Å². The van der Waals surface area contributed by atoms with Crippen LogP contribution in [0.25, 0.3) is 0 Å². The van der Waals surface area contributed by atoms with Crippen molar-refractivity contribution in [2.45, 2.75) is 47.2 Å². The predicted octanol–water partition coefficient (Wildman–Crippen LogP) is 4.64. The smallest absolute Gasteiger partial charge is 0.242 e. The number of ether oxygens (including phenoxy) is 1. The Kier molecular flexibility index (Phi) is 9.19. The highest BCUT2D eigenvalue weighted by Crippen LogP contribution is 2.22. The third-order valence-electron chi connectivity index (χ3n) is 4.87. The summed E-state index contributed by atoms with van der Waals surface area (Å²) < 4.78 is 18.5. The summed E-state index contributed by atoms with van der Waals surface area (Å²) in [5.41, 5.74) is 1.79. The zero-order valence-corrected chi connectivity index (χ0v) is 19.9. The lowest BCUT2D eigenvalue weighted by Gasteiger charge is -2.29. The first-order chi connectivity index (χ1) is 14.6. The minimum absolute atomic E-state index is 0.0100. The Balaban J connectivity index is 2.20. The summed E-state index contributed by atoms with van der Waals surface area (Å²) in [6.45, 7) is 9.54. The van der Waals surface area contributed by atoms with Crippen LogP contribution in [0, 0.1) is 18.2 Å². The van der Waals surface area contributed by atoms with Crippen LogP contribution in [-0.4, -0.2) is 48.4 Å². The molecular formula is C24H33FN2O3S. The lowest BCUT2D eigenvalue weighted by Crippen LogP contribution is -2.44. The standard InChI is InChI=1S/C24H33FN2O3S/c1-18-10-13-31-21(18)16-27(15-19-6-8-20(25)9-7-19)23(29)17-26(11-12-30-5)22(28)14-24(2,3)4/h6-10,13H,11-12,14-17H2,1-5H3. The number of carbonyl (C=O) groups excluding carboxylic acids is 2. The van der Waals surface area contributed by atoms with Crippen molar-refractivity contribution in [2.75, 3.05) is 26.8 Å². The van der Waals surface area contributed by atoms with Gasteiger partial charge in [-0.15, -0.1) is 11.3 Å². The van der Waals surface area contributed by atoms with Gasteiger partial charge >= 0.3 is 0 Å². The minimum Gasteiger partial charge on any atom is -0.383 e. The number of benzene rings is 1. The van der Waals surface area contributed by atoms with Crippen LogP contribution in [0.3, 0.4) is 0 Å². The van der Waals surface area contributed by atoms with Gasteiger partial charge in [-0.25, -0.2) is 4.39 Å². The zero-order chi connectivity index (χ0) is 23.0. The van der Waals surface area contributed by atoms with Crippen molar-refractivity contribution < 1.29 is 18.7 Å². The Morgan fingerprint density at radius 2 is 1.71 bits per heavy atom. The van der Waals surface area contributed by atoms with Crippen LogP contribution in [0.2, 0.25) is 0 Å². The number of nitrogens with zero attached hydrogens (tertiary/aromatic N) is 2. The average molecular weight is 449 g/mol. The van der Waals surface area contributed by atoms with E-state index in [2.05, 4.69) is 0 Å². The third-order valence-corrected chi connectivity index (χ3v) is 5.88. The Morgan fingerprint density at radius 1 is 1.03 bits per heavy atom. The third kappa shape index (κ3) is 8.42. The van der Waals surface area contributed by atoms with Crippen LogP contribution in [-0.2, 0) is 27.4 Å². The second kappa shape index (κ2) is 11.4. The van der Waals surface area contributed by atoms with Crippen molar-refractivity contribution >= 4 is 23.2 Å². The van der Waals surface area contributed by atoms with Crippen LogP contribution < -0.4 is 0 Å². The molecule has 2 aromatic rings. The van der Waals surface area contributed by atoms with Gasteiger partial charge in [-0.2, -0.15) is 0 Å². The summed E-state index contributed by atoms with van der Waals surface area (Å²) in [5, 5.41) is 2.00. The molecule has 0 atom stereocenters. The molecule has 7 heteroatoms. The zero-order valence-electron chi connectivity index (χ0n) is 19.1. The highest BCUT2D eigenvalue weighted by atomic mass is 32.1. The molecular weight excluding hydrogens is 415 g/mol. The van der Waals surface area contributed by atoms with E-state index in [0.29, 0.717) is 32.7 Å². The normalized spacial score (nSPS) is 11.4. The number of hydrogen-bond acceptors (Lipinski definition) is 4. The fourth-order valence-electron chi connectivity index (χ4n) is 3.10. The summed E-state index contributed by atoms with van der Waals surface area (Å²) in [5.74, 6) is -0.517. The molecule has 2 amide bonds. The molecule has 1 aromatic carbocycles. The second-order valence-corrected chi connectivity index (χ2v) is 9.95. The van der Waals surface area contributed by atoms with Gasteiger partial charge in [-0.05, 0) is 47.0 Å². The molecule has 1 aromatic heterocycles. The largest absolute Gasteiger partial charge is 0.383 e. The van der Waals surface area contributed by atoms with Crippen LogP contribution in [0.5, 0.6) is 0 Å². The molecule has 0 bridgehead atoms. The number of aryl methyl sites for hydroxylation is 1. The highest BCUT2D eigenvalue weighted by molar-refractivity contribution is 7.10. The molecule has 0 aliphatic carbocycles. The van der Waals surface area contributed by atoms with Crippen molar-refractivity contribution in [3.8, 4) is 0 Å². The van der Waals surface area contributed by atoms with E-state index in [1.807, 2.05) is 39.1 Å². The van der Waals surface area contributed by atoms with Crippen LogP contribution in [0.1, 0.15) is 43.2 Å². The molecule has 170 valence electrons. The van der Waals surface area contributed by atoms with E-state index < -0.39 is 0 Å². The van der Waals surface area contributed by atoms with Crippen molar-refractivity contribution in [1.82, 2.24) is 9.80 Å². The molecule has 1 heterocycles. The average Bonchev–Trinajstić information content (AvgIpc) is 3.09. The maximum atomic E-state index is 13.3. The fourth-order valence-corrected chi connectivity index (χ4v) is 4.02. The number of rotatable bonds is 10. The summed E-state index contributed by atoms with van der Waals surface area (Å²) in [4.78, 5) is 30.6. The van der Waals surface area contributed by atoms with E-state index >= 15 is 0 Å². The molecule has 0 saturated carbocycles. The maximum Gasteiger partial charge on any atom is 0.242 e. The molecule has 0 saturated heterocycles. The van der Waals surface area contributed by atoms with E-state index in [1.165, 1.54) is 12.1 Å². The van der Waals surface area contributed by atoms with Crippen molar-refractivity contribution in [3.63, 3.8) is 0 Å². The van der Waals surface area contributed by atoms with E-state index in [1.54, 1.807) is 40.4 Å². The minimum atomic E-state index is -0.311. The summed E-state index contributed by atoms with van der Waals surface area (Å²) in [6, 6.07) is 8.19. The van der Waals surface area contributed by atoms with Gasteiger partial charge in [0.1, 0.15) is 5.82 Å². The predicted molar refractivity (Wildman–Crippen MR) is 122 cm³/mol. The van der Waals surface area contributed by atoms with Crippen LogP contribution in [0.15, 0.2) is 35.7 Å². The Bertz CT molecular complexity index is 858. The first-order valence-corrected chi connectivity index (χ1v) is 11.3. The molecule has 0 aliphatic rings. The fraction of sp³-hybridized carbons (Fsp3) is 0.500. The lowest BCUT2D eigenvalue weighted by atomic mass is 9.91. The van der Waals surface area contributed by atoms with Gasteiger partial charge in [0.05, 0.1) is 19.7 Å². The number of carbonyl (C=O) groups is 2. The van der Waals surface area contributed by atoms with E-state index in [9.17, 15) is 14.0 Å². The van der Waals surface area contributed by atoms with Gasteiger partial charge in [0.2, 0.25) is 11.8 Å². The van der Waals surface area contributed by atoms with Gasteiger partial charge in [-0.3, -0.25) is 9.59 Å². The first-order valence-electron chi connectivity index (χ1n) is 10.4. The monoisotopic (exact) mass is 448 g/mol. The Hall–Kier alpha value is -2.25. The van der Waals surface area contributed by atoms with Gasteiger partial charge in [0, 0.05) is 31.5 Å². The van der Waals surface area contributed by atoms with Gasteiger partial charge in [0.15, 0.2) is 0 Å². The number of hydrogen-bond donors (Lipinski definition) is 0. The van der Waals surface area contributed by atoms with E-state index in [0.717, 1.165) is 16.0 Å². The van der Waals surface area contributed by atoms with E-state index in [4.69, 9.17) is 4.74 Å². The molecule has 5 nitrogen and oxygen atoms in total. The molecule has 0 fully saturated rings. The number of halogens is 1. The maximum absolute atomic E-state index is 13.3. The quantitative estimate of drug-likeness (QED) is 0.532. The number of amides is 2. The summed E-state index contributed by atoms with van der Waals surface area (Å²) >= 11 is 1.60. The Labute approximate surface area is 188 Å². The molecule has 2 rings (SSSR count). The highest BCUT2D eigenvalue weighted by Gasteiger charge is 2.25. The molecule has 0 unspecified atom stereocenters. The topological polar surface area (TPSA) is 49.9 Å². The van der Waals surface area contributed by atoms with Crippen LogP contribution in [0.4, 0.5) is 4.39 Å². The molecule has 0 N–H and O–H groups in total. The molecule has 0 aliphatic heterocycles. The lowest BCUT2D eigenvalue weighted by molar-refractivity contribution is -0.142. The SMILES string of the molecule is COCCN(CC(=O)N(Cc1ccc(F)cc1)Cc1sccc1C)C(=O)CC(C)(C)C. The second-order valence-electron chi connectivity index (χ2n) is 8.95. The first kappa shape index (κ1) is 25.0. The molecule has 31 heavy (non-hydrogen) atoms. The Morgan fingerprint density at radius 3 is 2.26 bits per heavy atom. The number of methoxy groups -OCH3 is 1. The summed E-state index contributed by atoms with van der Waals surface area (Å²) in [7, 11) is 1.58. The van der Waals surface area contributed by atoms with Gasteiger partial charge in [0.25, 0.3) is 0 Å². The molecule has 0 spiro atoms.